The van der Waals surface area contributed by atoms with E-state index < -0.39 is 48.6 Å². The number of sulfonamides is 2. The fraction of sp³-hybridized carbons (Fsp3) is 0.478. The van der Waals surface area contributed by atoms with E-state index in [0.29, 0.717) is 22.3 Å². The standard InChI is InChI=1S/C23H32F2N2O4S2/c1-16(2)32(28,29)26-13-12-19-6-7-20(14-22(19)24)18-8-10-21(11-9-18)23(5,25)15-27-33(30,31)17(3)4/h6-11,14,16-17,26-27H,12-13,15H2,1-5H3. The molecule has 2 aromatic carbocycles. The summed E-state index contributed by atoms with van der Waals surface area (Å²) >= 11 is 0. The summed E-state index contributed by atoms with van der Waals surface area (Å²) in [7, 11) is -6.99. The normalized spacial score (nSPS) is 14.6. The molecule has 0 aliphatic carbocycles. The summed E-state index contributed by atoms with van der Waals surface area (Å²) in [6.45, 7) is 7.17. The van der Waals surface area contributed by atoms with E-state index in [1.165, 1.54) is 26.8 Å². The second kappa shape index (κ2) is 10.6. The maximum Gasteiger partial charge on any atom is 0.214 e. The van der Waals surface area contributed by atoms with Crippen molar-refractivity contribution in [1.29, 1.82) is 0 Å². The summed E-state index contributed by atoms with van der Waals surface area (Å²) in [6.07, 6.45) is 0.212. The van der Waals surface area contributed by atoms with Crippen molar-refractivity contribution in [3.8, 4) is 11.1 Å². The van der Waals surface area contributed by atoms with Crippen molar-refractivity contribution >= 4 is 20.0 Å². The molecule has 0 aromatic heterocycles. The van der Waals surface area contributed by atoms with E-state index in [4.69, 9.17) is 0 Å². The van der Waals surface area contributed by atoms with Gasteiger partial charge in [0.15, 0.2) is 0 Å². The monoisotopic (exact) mass is 502 g/mol. The van der Waals surface area contributed by atoms with E-state index in [0.717, 1.165) is 0 Å². The van der Waals surface area contributed by atoms with Gasteiger partial charge in [0.2, 0.25) is 20.0 Å². The van der Waals surface area contributed by atoms with Gasteiger partial charge in [0.25, 0.3) is 0 Å². The number of rotatable bonds is 11. The van der Waals surface area contributed by atoms with Crippen molar-refractivity contribution in [2.45, 2.75) is 57.2 Å². The minimum absolute atomic E-state index is 0.0983. The zero-order chi connectivity index (χ0) is 25.0. The van der Waals surface area contributed by atoms with Gasteiger partial charge in [0.05, 0.1) is 10.5 Å². The molecule has 0 aliphatic heterocycles. The first kappa shape index (κ1) is 27.4. The Labute approximate surface area is 195 Å². The Balaban J connectivity index is 2.09. The summed E-state index contributed by atoms with van der Waals surface area (Å²) in [5.41, 5.74) is 0.0246. The Morgan fingerprint density at radius 3 is 1.88 bits per heavy atom. The van der Waals surface area contributed by atoms with Crippen molar-refractivity contribution in [3.05, 3.63) is 59.4 Å². The van der Waals surface area contributed by atoms with Crippen molar-refractivity contribution in [3.63, 3.8) is 0 Å². The highest BCUT2D eigenvalue weighted by molar-refractivity contribution is 7.90. The van der Waals surface area contributed by atoms with Crippen LogP contribution in [-0.4, -0.2) is 40.4 Å². The molecular formula is C23H32F2N2O4S2. The fourth-order valence-electron chi connectivity index (χ4n) is 2.94. The Morgan fingerprint density at radius 2 is 1.36 bits per heavy atom. The lowest BCUT2D eigenvalue weighted by molar-refractivity contribution is 0.196. The number of hydrogen-bond donors (Lipinski definition) is 2. The molecule has 0 aliphatic rings. The smallest absolute Gasteiger partial charge is 0.214 e. The molecule has 0 heterocycles. The number of halogens is 2. The number of benzene rings is 2. The van der Waals surface area contributed by atoms with E-state index in [-0.39, 0.29) is 13.0 Å². The van der Waals surface area contributed by atoms with E-state index in [2.05, 4.69) is 9.44 Å². The highest BCUT2D eigenvalue weighted by Gasteiger charge is 2.29. The minimum Gasteiger partial charge on any atom is -0.238 e. The summed E-state index contributed by atoms with van der Waals surface area (Å²) in [5, 5.41) is -1.22. The molecule has 184 valence electrons. The van der Waals surface area contributed by atoms with Crippen molar-refractivity contribution in [1.82, 2.24) is 9.44 Å². The van der Waals surface area contributed by atoms with Crippen LogP contribution in [0.2, 0.25) is 0 Å². The zero-order valence-corrected chi connectivity index (χ0v) is 21.2. The van der Waals surface area contributed by atoms with Crippen LogP contribution in [0.4, 0.5) is 8.78 Å². The molecule has 2 N–H and O–H groups in total. The van der Waals surface area contributed by atoms with Crippen molar-refractivity contribution in [2.24, 2.45) is 0 Å². The van der Waals surface area contributed by atoms with E-state index in [9.17, 15) is 21.2 Å². The minimum atomic E-state index is -3.59. The van der Waals surface area contributed by atoms with Gasteiger partial charge in [-0.1, -0.05) is 36.4 Å². The Morgan fingerprint density at radius 1 is 0.848 bits per heavy atom. The topological polar surface area (TPSA) is 92.3 Å². The molecule has 33 heavy (non-hydrogen) atoms. The number of nitrogens with one attached hydrogen (secondary N) is 2. The van der Waals surface area contributed by atoms with Crippen molar-refractivity contribution < 1.29 is 25.6 Å². The van der Waals surface area contributed by atoms with Crippen LogP contribution < -0.4 is 9.44 Å². The molecule has 1 unspecified atom stereocenters. The first-order valence-corrected chi connectivity index (χ1v) is 13.8. The Hall–Kier alpha value is -1.88. The molecule has 2 rings (SSSR count). The molecule has 0 saturated heterocycles. The average Bonchev–Trinajstić information content (AvgIpc) is 2.73. The fourth-order valence-corrected chi connectivity index (χ4v) is 4.46. The maximum atomic E-state index is 15.1. The lowest BCUT2D eigenvalue weighted by Crippen LogP contribution is -2.39. The van der Waals surface area contributed by atoms with E-state index in [1.54, 1.807) is 50.2 Å². The van der Waals surface area contributed by atoms with Crippen LogP contribution >= 0.6 is 0 Å². The molecule has 0 spiro atoms. The summed E-state index contributed by atoms with van der Waals surface area (Å²) in [4.78, 5) is 0. The van der Waals surface area contributed by atoms with Crippen LogP contribution in [-0.2, 0) is 32.1 Å². The van der Waals surface area contributed by atoms with Crippen LogP contribution in [0.15, 0.2) is 42.5 Å². The second-order valence-electron chi connectivity index (χ2n) is 8.73. The first-order valence-electron chi connectivity index (χ1n) is 10.7. The van der Waals surface area contributed by atoms with Gasteiger partial charge in [-0.25, -0.2) is 35.1 Å². The van der Waals surface area contributed by atoms with Gasteiger partial charge >= 0.3 is 0 Å². The molecule has 2 aromatic rings. The highest BCUT2D eigenvalue weighted by atomic mass is 32.2. The highest BCUT2D eigenvalue weighted by Crippen LogP contribution is 2.29. The summed E-state index contributed by atoms with van der Waals surface area (Å²) in [6, 6.07) is 11.1. The van der Waals surface area contributed by atoms with Gasteiger partial charge in [-0.15, -0.1) is 0 Å². The molecule has 10 heteroatoms. The molecular weight excluding hydrogens is 470 g/mol. The largest absolute Gasteiger partial charge is 0.238 e. The zero-order valence-electron chi connectivity index (χ0n) is 19.5. The Kier molecular flexibility index (Phi) is 8.78. The maximum absolute atomic E-state index is 15.1. The molecule has 0 radical (unpaired) electrons. The third-order valence-corrected chi connectivity index (χ3v) is 9.05. The van der Waals surface area contributed by atoms with E-state index in [1.807, 2.05) is 0 Å². The predicted molar refractivity (Wildman–Crippen MR) is 128 cm³/mol. The molecule has 0 bridgehead atoms. The van der Waals surface area contributed by atoms with Crippen LogP contribution in [0.3, 0.4) is 0 Å². The van der Waals surface area contributed by atoms with Crippen LogP contribution in [0.1, 0.15) is 45.7 Å². The van der Waals surface area contributed by atoms with Gasteiger partial charge in [-0.2, -0.15) is 0 Å². The van der Waals surface area contributed by atoms with Crippen LogP contribution in [0.25, 0.3) is 11.1 Å². The quantitative estimate of drug-likeness (QED) is 0.488. The van der Waals surface area contributed by atoms with Crippen LogP contribution in [0.5, 0.6) is 0 Å². The predicted octanol–water partition coefficient (Wildman–Crippen LogP) is 3.88. The summed E-state index contributed by atoms with van der Waals surface area (Å²) < 4.78 is 81.8. The molecule has 0 fully saturated rings. The SMILES string of the molecule is CC(C)S(=O)(=O)NCCc1ccc(-c2ccc(C(C)(F)CNS(=O)(=O)C(C)C)cc2)cc1F. The lowest BCUT2D eigenvalue weighted by atomic mass is 9.95. The summed E-state index contributed by atoms with van der Waals surface area (Å²) in [5.74, 6) is -0.459. The third kappa shape index (κ3) is 7.30. The Bertz CT molecular complexity index is 1160. The molecule has 6 nitrogen and oxygen atoms in total. The van der Waals surface area contributed by atoms with Gasteiger partial charge in [-0.05, 0) is 69.4 Å². The molecule has 1 atom stereocenters. The number of hydrogen-bond acceptors (Lipinski definition) is 4. The molecule has 0 amide bonds. The lowest BCUT2D eigenvalue weighted by Gasteiger charge is -2.22. The van der Waals surface area contributed by atoms with Gasteiger partial charge in [0, 0.05) is 13.1 Å². The average molecular weight is 503 g/mol. The van der Waals surface area contributed by atoms with Crippen molar-refractivity contribution in [2.75, 3.05) is 13.1 Å². The number of alkyl halides is 1. The van der Waals surface area contributed by atoms with E-state index >= 15 is 4.39 Å². The van der Waals surface area contributed by atoms with Crippen LogP contribution in [0, 0.1) is 5.82 Å². The second-order valence-corrected chi connectivity index (χ2v) is 13.4. The van der Waals surface area contributed by atoms with Gasteiger partial charge < -0.3 is 0 Å². The molecule has 0 saturated carbocycles. The van der Waals surface area contributed by atoms with Gasteiger partial charge in [0.1, 0.15) is 11.5 Å². The third-order valence-electron chi connectivity index (χ3n) is 5.42. The van der Waals surface area contributed by atoms with Gasteiger partial charge in [-0.3, -0.25) is 0 Å². The first-order chi connectivity index (χ1) is 15.2.